The summed E-state index contributed by atoms with van der Waals surface area (Å²) in [7, 11) is 0. The normalized spacial score (nSPS) is 16.2. The van der Waals surface area contributed by atoms with E-state index in [0.29, 0.717) is 6.42 Å². The van der Waals surface area contributed by atoms with Crippen LogP contribution in [0, 0.1) is 47.2 Å². The van der Waals surface area contributed by atoms with Gasteiger partial charge in [-0.2, -0.15) is 4.98 Å². The van der Waals surface area contributed by atoms with E-state index in [0.717, 1.165) is 18.8 Å². The first-order valence-corrected chi connectivity index (χ1v) is 8.12. The summed E-state index contributed by atoms with van der Waals surface area (Å²) in [6.07, 6.45) is 9.11. The summed E-state index contributed by atoms with van der Waals surface area (Å²) in [5.41, 5.74) is 8.58. The number of hydrogen-bond acceptors (Lipinski definition) is 6. The first-order valence-electron chi connectivity index (χ1n) is 8.12. The molecule has 1 aliphatic rings. The minimum Gasteiger partial charge on any atom is -0.661 e. The second-order valence-electron chi connectivity index (χ2n) is 6.16. The smallest absolute Gasteiger partial charge is 0.244 e. The van der Waals surface area contributed by atoms with E-state index in [-0.39, 0.29) is 65.3 Å². The Kier molecular flexibility index (Phi) is 9.92. The number of nitrogens with zero attached hydrogens (tertiary/aromatic N) is 2. The molecule has 1 saturated carbocycles. The molecule has 0 bridgehead atoms. The van der Waals surface area contributed by atoms with Crippen molar-refractivity contribution >= 4 is 11.8 Å². The summed E-state index contributed by atoms with van der Waals surface area (Å²) in [4.78, 5) is 26.3. The number of carbonyl (C=O) groups is 2. The summed E-state index contributed by atoms with van der Waals surface area (Å²) < 4.78 is 5.01. The zero-order valence-electron chi connectivity index (χ0n) is 13.7. The Hall–Kier alpha value is -0.596. The molecule has 3 N–H and O–H groups in total. The van der Waals surface area contributed by atoms with E-state index >= 15 is 0 Å². The molecule has 8 nitrogen and oxygen atoms in total. The number of aromatic nitrogens is 2. The van der Waals surface area contributed by atoms with Crippen LogP contribution in [-0.2, 0) is 4.79 Å². The molecule has 24 heavy (non-hydrogen) atoms. The van der Waals surface area contributed by atoms with Gasteiger partial charge in [0.25, 0.3) is 0 Å². The van der Waals surface area contributed by atoms with Crippen LogP contribution >= 0.6 is 0 Å². The number of rotatable bonds is 8. The fraction of sp³-hybridized carbons (Fsp3) is 0.733. The maximum atomic E-state index is 11.4. The second kappa shape index (κ2) is 11.1. The van der Waals surface area contributed by atoms with Crippen molar-refractivity contribution in [2.45, 2.75) is 63.7 Å². The van der Waals surface area contributed by atoms with Gasteiger partial charge in [0.2, 0.25) is 17.6 Å². The van der Waals surface area contributed by atoms with Gasteiger partial charge in [0.1, 0.15) is 5.91 Å². The van der Waals surface area contributed by atoms with Crippen molar-refractivity contribution in [3.63, 3.8) is 0 Å². The predicted octanol–water partition coefficient (Wildman–Crippen LogP) is 2.99. The van der Waals surface area contributed by atoms with Gasteiger partial charge < -0.3 is 15.1 Å². The summed E-state index contributed by atoms with van der Waals surface area (Å²) in [6, 6.07) is 0. The molecule has 1 fully saturated rings. The molecule has 1 aromatic rings. The van der Waals surface area contributed by atoms with E-state index in [4.69, 9.17) is 15.5 Å². The van der Waals surface area contributed by atoms with Gasteiger partial charge in [-0.3, -0.25) is 10.0 Å². The molecule has 1 aliphatic carbocycles. The van der Waals surface area contributed by atoms with Crippen molar-refractivity contribution in [2.75, 3.05) is 0 Å². The van der Waals surface area contributed by atoms with Gasteiger partial charge in [0, 0.05) is 53.6 Å². The molecule has 0 spiro atoms. The first kappa shape index (κ1) is 21.4. The quantitative estimate of drug-likeness (QED) is 0.450. The molecule has 0 aliphatic heterocycles. The van der Waals surface area contributed by atoms with Gasteiger partial charge in [-0.1, -0.05) is 50.1 Å². The summed E-state index contributed by atoms with van der Waals surface area (Å²) in [6.45, 7) is 0. The van der Waals surface area contributed by atoms with Crippen LogP contribution in [0.4, 0.5) is 0 Å². The Morgan fingerprint density at radius 1 is 1.33 bits per heavy atom. The molecular weight excluding hydrogens is 441 g/mol. The third-order valence-electron chi connectivity index (χ3n) is 4.44. The first-order chi connectivity index (χ1) is 11.1. The Morgan fingerprint density at radius 2 is 2.04 bits per heavy atom. The summed E-state index contributed by atoms with van der Waals surface area (Å²) in [5.74, 6) is -1.30. The topological polar surface area (TPSA) is 129 Å². The Balaban J connectivity index is 0.00000288. The fourth-order valence-corrected chi connectivity index (χ4v) is 3.20. The molecule has 2 rings (SSSR count). The van der Waals surface area contributed by atoms with Crippen LogP contribution in [-0.4, -0.2) is 27.2 Å². The van der Waals surface area contributed by atoms with Gasteiger partial charge in [0.05, 0.1) is 0 Å². The zero-order chi connectivity index (χ0) is 16.7. The van der Waals surface area contributed by atoms with Gasteiger partial charge in [0.15, 0.2) is 0 Å². The van der Waals surface area contributed by atoms with Crippen molar-refractivity contribution in [2.24, 2.45) is 5.92 Å². The molecule has 1 aromatic heterocycles. The Labute approximate surface area is 174 Å². The van der Waals surface area contributed by atoms with Crippen LogP contribution in [0.3, 0.4) is 0 Å². The van der Waals surface area contributed by atoms with E-state index in [1.807, 2.05) is 0 Å². The molecule has 131 valence electrons. The predicted molar refractivity (Wildman–Crippen MR) is 80.7 cm³/mol. The van der Waals surface area contributed by atoms with Crippen molar-refractivity contribution < 1.29 is 60.6 Å². The maximum Gasteiger partial charge on any atom is 0.244 e. The standard InChI is InChI=1S/C15H24N4O4.Pr/c16-13(21)14-17-15(23-19-14)11(9-12(20)18-22)8-4-7-10-5-2-1-3-6-10;/h10-11H,1-9H2,(H4,16,18,19,20,21,22);/p-1/t11-;/m1./s1. The molecular formula is C15H23N4O4Pr-. The fourth-order valence-electron chi connectivity index (χ4n) is 3.20. The SMILES string of the molecule is [NH-]C(=O)c1noc([C@H](CCCC2CCCCC2)CC(=O)NO)n1.[Pr]. The number of hydroxylamine groups is 1. The molecule has 2 amide bonds. The van der Waals surface area contributed by atoms with Gasteiger partial charge in [-0.15, -0.1) is 0 Å². The van der Waals surface area contributed by atoms with Gasteiger partial charge >= 0.3 is 0 Å². The van der Waals surface area contributed by atoms with Crippen LogP contribution in [0.25, 0.3) is 5.73 Å². The third kappa shape index (κ3) is 6.72. The molecule has 0 unspecified atom stereocenters. The second-order valence-corrected chi connectivity index (χ2v) is 6.16. The molecule has 1 radical (unpaired) electrons. The number of carbonyl (C=O) groups excluding carboxylic acids is 2. The molecule has 1 atom stereocenters. The summed E-state index contributed by atoms with van der Waals surface area (Å²) >= 11 is 0. The van der Waals surface area contributed by atoms with Crippen LogP contribution in [0.2, 0.25) is 0 Å². The van der Waals surface area contributed by atoms with Crippen LogP contribution in [0.5, 0.6) is 0 Å². The third-order valence-corrected chi connectivity index (χ3v) is 4.44. The average Bonchev–Trinajstić information content (AvgIpc) is 3.05. The van der Waals surface area contributed by atoms with E-state index in [9.17, 15) is 9.59 Å². The van der Waals surface area contributed by atoms with E-state index in [1.165, 1.54) is 32.1 Å². The van der Waals surface area contributed by atoms with E-state index in [2.05, 4.69) is 10.1 Å². The minimum atomic E-state index is -1.02. The number of hydrogen-bond donors (Lipinski definition) is 2. The Bertz CT molecular complexity index is 531. The zero-order valence-corrected chi connectivity index (χ0v) is 17.4. The van der Waals surface area contributed by atoms with Crippen LogP contribution in [0.1, 0.15) is 80.2 Å². The van der Waals surface area contributed by atoms with Crippen LogP contribution < -0.4 is 5.48 Å². The van der Waals surface area contributed by atoms with Crippen molar-refractivity contribution in [3.8, 4) is 0 Å². The van der Waals surface area contributed by atoms with Gasteiger partial charge in [-0.05, 0) is 12.3 Å². The molecule has 0 saturated heterocycles. The minimum absolute atomic E-state index is 0. The van der Waals surface area contributed by atoms with E-state index in [1.54, 1.807) is 5.48 Å². The number of nitrogens with one attached hydrogen (secondary N) is 2. The largest absolute Gasteiger partial charge is 0.661 e. The summed E-state index contributed by atoms with van der Waals surface area (Å²) in [5, 5.41) is 12.2. The monoisotopic (exact) mass is 464 g/mol. The van der Waals surface area contributed by atoms with Crippen LogP contribution in [0.15, 0.2) is 4.52 Å². The average molecular weight is 464 g/mol. The molecule has 1 heterocycles. The van der Waals surface area contributed by atoms with Gasteiger partial charge in [-0.25, -0.2) is 5.48 Å². The maximum absolute atomic E-state index is 11.4. The van der Waals surface area contributed by atoms with Crippen molar-refractivity contribution in [1.29, 1.82) is 0 Å². The molecule has 9 heteroatoms. The van der Waals surface area contributed by atoms with Crippen molar-refractivity contribution in [1.82, 2.24) is 15.6 Å². The van der Waals surface area contributed by atoms with Crippen molar-refractivity contribution in [3.05, 3.63) is 17.4 Å². The Morgan fingerprint density at radius 3 is 2.62 bits per heavy atom. The molecule has 0 aromatic carbocycles. The number of amides is 2. The van der Waals surface area contributed by atoms with E-state index < -0.39 is 11.8 Å².